The summed E-state index contributed by atoms with van der Waals surface area (Å²) in [4.78, 5) is 14.8. The standard InChI is InChI=1S/C23H23BrN2O2/c1-3-14-26(23(27)19-8-12-22(28-2)13-9-19)17-21-5-4-15-25(21)16-18-6-10-20(24)11-7-18/h3-13,15H,1,14,16-17H2,2H3. The minimum Gasteiger partial charge on any atom is -0.497 e. The molecule has 0 saturated carbocycles. The number of halogens is 1. The molecule has 0 unspecified atom stereocenters. The van der Waals surface area contributed by atoms with Crippen LogP contribution in [0.15, 0.2) is 84.0 Å². The van der Waals surface area contributed by atoms with E-state index in [9.17, 15) is 4.79 Å². The highest BCUT2D eigenvalue weighted by molar-refractivity contribution is 9.10. The van der Waals surface area contributed by atoms with E-state index < -0.39 is 0 Å². The van der Waals surface area contributed by atoms with Crippen molar-refractivity contribution in [3.63, 3.8) is 0 Å². The van der Waals surface area contributed by atoms with Crippen LogP contribution in [0.3, 0.4) is 0 Å². The third-order valence-electron chi connectivity index (χ3n) is 4.52. The molecule has 1 aromatic heterocycles. The van der Waals surface area contributed by atoms with Crippen LogP contribution >= 0.6 is 15.9 Å². The summed E-state index contributed by atoms with van der Waals surface area (Å²) in [6, 6.07) is 19.5. The van der Waals surface area contributed by atoms with Gasteiger partial charge in [-0.1, -0.05) is 34.1 Å². The fraction of sp³-hybridized carbons (Fsp3) is 0.174. The van der Waals surface area contributed by atoms with Crippen molar-refractivity contribution in [1.82, 2.24) is 9.47 Å². The molecular formula is C23H23BrN2O2. The predicted molar refractivity (Wildman–Crippen MR) is 116 cm³/mol. The molecule has 3 aromatic rings. The van der Waals surface area contributed by atoms with Crippen LogP contribution in [0.2, 0.25) is 0 Å². The zero-order chi connectivity index (χ0) is 19.9. The Bertz CT molecular complexity index is 930. The maximum atomic E-state index is 13.0. The second-order valence-corrected chi connectivity index (χ2v) is 7.37. The highest BCUT2D eigenvalue weighted by Gasteiger charge is 2.17. The van der Waals surface area contributed by atoms with Gasteiger partial charge < -0.3 is 14.2 Å². The molecule has 0 atom stereocenters. The quantitative estimate of drug-likeness (QED) is 0.456. The van der Waals surface area contributed by atoms with Crippen LogP contribution in [-0.2, 0) is 13.1 Å². The molecule has 5 heteroatoms. The molecule has 0 fully saturated rings. The van der Waals surface area contributed by atoms with Crippen molar-refractivity contribution in [2.45, 2.75) is 13.1 Å². The molecule has 0 aliphatic heterocycles. The largest absolute Gasteiger partial charge is 0.497 e. The van der Waals surface area contributed by atoms with Gasteiger partial charge in [0.2, 0.25) is 0 Å². The van der Waals surface area contributed by atoms with Crippen LogP contribution in [0.4, 0.5) is 0 Å². The number of carbonyl (C=O) groups is 1. The normalized spacial score (nSPS) is 10.5. The molecule has 1 heterocycles. The molecule has 0 spiro atoms. The van der Waals surface area contributed by atoms with Gasteiger partial charge in [-0.3, -0.25) is 4.79 Å². The average molecular weight is 439 g/mol. The number of methoxy groups -OCH3 is 1. The smallest absolute Gasteiger partial charge is 0.254 e. The number of aromatic nitrogens is 1. The Morgan fingerprint density at radius 1 is 1.14 bits per heavy atom. The van der Waals surface area contributed by atoms with Crippen LogP contribution < -0.4 is 4.74 Å². The average Bonchev–Trinajstić information content (AvgIpc) is 3.15. The maximum absolute atomic E-state index is 13.0. The molecule has 2 aromatic carbocycles. The lowest BCUT2D eigenvalue weighted by Gasteiger charge is -2.22. The van der Waals surface area contributed by atoms with Gasteiger partial charge in [-0.05, 0) is 54.1 Å². The summed E-state index contributed by atoms with van der Waals surface area (Å²) in [6.45, 7) is 5.56. The summed E-state index contributed by atoms with van der Waals surface area (Å²) in [5, 5.41) is 0. The number of carbonyl (C=O) groups excluding carboxylic acids is 1. The third-order valence-corrected chi connectivity index (χ3v) is 5.04. The fourth-order valence-electron chi connectivity index (χ4n) is 3.02. The molecule has 4 nitrogen and oxygen atoms in total. The van der Waals surface area contributed by atoms with Gasteiger partial charge in [0.25, 0.3) is 5.91 Å². The zero-order valence-electron chi connectivity index (χ0n) is 15.8. The van der Waals surface area contributed by atoms with Crippen molar-refractivity contribution >= 4 is 21.8 Å². The van der Waals surface area contributed by atoms with E-state index in [1.165, 1.54) is 5.56 Å². The van der Waals surface area contributed by atoms with Crippen LogP contribution in [0.1, 0.15) is 21.6 Å². The molecule has 1 amide bonds. The van der Waals surface area contributed by atoms with E-state index in [2.05, 4.69) is 45.3 Å². The lowest BCUT2D eigenvalue weighted by Crippen LogP contribution is -2.31. The van der Waals surface area contributed by atoms with E-state index in [-0.39, 0.29) is 5.91 Å². The summed E-state index contributed by atoms with van der Waals surface area (Å²) in [6.07, 6.45) is 3.80. The summed E-state index contributed by atoms with van der Waals surface area (Å²) in [7, 11) is 1.61. The molecule has 3 rings (SSSR count). The molecule has 0 aliphatic rings. The highest BCUT2D eigenvalue weighted by atomic mass is 79.9. The molecule has 0 bridgehead atoms. The Morgan fingerprint density at radius 2 is 1.86 bits per heavy atom. The van der Waals surface area contributed by atoms with Crippen LogP contribution in [0.25, 0.3) is 0 Å². The first-order valence-electron chi connectivity index (χ1n) is 9.03. The molecule has 0 saturated heterocycles. The molecule has 0 N–H and O–H groups in total. The van der Waals surface area contributed by atoms with Gasteiger partial charge in [0.15, 0.2) is 0 Å². The van der Waals surface area contributed by atoms with Crippen LogP contribution in [0, 0.1) is 0 Å². The Morgan fingerprint density at radius 3 is 2.50 bits per heavy atom. The SMILES string of the molecule is C=CCN(Cc1cccn1Cc1ccc(Br)cc1)C(=O)c1ccc(OC)cc1. The first-order valence-corrected chi connectivity index (χ1v) is 9.82. The molecule has 28 heavy (non-hydrogen) atoms. The number of hydrogen-bond acceptors (Lipinski definition) is 2. The van der Waals surface area contributed by atoms with E-state index >= 15 is 0 Å². The number of amides is 1. The number of ether oxygens (including phenoxy) is 1. The van der Waals surface area contributed by atoms with Gasteiger partial charge in [-0.25, -0.2) is 0 Å². The van der Waals surface area contributed by atoms with Gasteiger partial charge >= 0.3 is 0 Å². The lowest BCUT2D eigenvalue weighted by molar-refractivity contribution is 0.0759. The number of hydrogen-bond donors (Lipinski definition) is 0. The second-order valence-electron chi connectivity index (χ2n) is 6.46. The Balaban J connectivity index is 1.77. The van der Waals surface area contributed by atoms with E-state index in [1.54, 1.807) is 42.4 Å². The monoisotopic (exact) mass is 438 g/mol. The topological polar surface area (TPSA) is 34.5 Å². The number of nitrogens with zero attached hydrogens (tertiary/aromatic N) is 2. The maximum Gasteiger partial charge on any atom is 0.254 e. The first kappa shape index (κ1) is 20.0. The number of benzene rings is 2. The van der Waals surface area contributed by atoms with Crippen LogP contribution in [0.5, 0.6) is 5.75 Å². The predicted octanol–water partition coefficient (Wildman–Crippen LogP) is 5.14. The third kappa shape index (κ3) is 4.93. The van der Waals surface area contributed by atoms with E-state index in [1.807, 2.05) is 24.4 Å². The molecule has 0 aliphatic carbocycles. The van der Waals surface area contributed by atoms with Gasteiger partial charge in [-0.15, -0.1) is 6.58 Å². The second kappa shape index (κ2) is 9.42. The van der Waals surface area contributed by atoms with Crippen molar-refractivity contribution < 1.29 is 9.53 Å². The molecule has 144 valence electrons. The number of rotatable bonds is 8. The minimum atomic E-state index is -0.0288. The Kier molecular flexibility index (Phi) is 6.71. The Labute approximate surface area is 174 Å². The van der Waals surface area contributed by atoms with E-state index in [0.29, 0.717) is 18.7 Å². The van der Waals surface area contributed by atoms with Crippen molar-refractivity contribution in [2.75, 3.05) is 13.7 Å². The Hall–Kier alpha value is -2.79. The summed E-state index contributed by atoms with van der Waals surface area (Å²) >= 11 is 3.47. The van der Waals surface area contributed by atoms with Crippen molar-refractivity contribution in [3.8, 4) is 5.75 Å². The van der Waals surface area contributed by atoms with Crippen molar-refractivity contribution in [3.05, 3.63) is 101 Å². The summed E-state index contributed by atoms with van der Waals surface area (Å²) in [5.41, 5.74) is 2.91. The van der Waals surface area contributed by atoms with Gasteiger partial charge in [-0.2, -0.15) is 0 Å². The molecular weight excluding hydrogens is 416 g/mol. The van der Waals surface area contributed by atoms with Crippen molar-refractivity contribution in [2.24, 2.45) is 0 Å². The lowest BCUT2D eigenvalue weighted by atomic mass is 10.2. The summed E-state index contributed by atoms with van der Waals surface area (Å²) < 4.78 is 8.40. The fourth-order valence-corrected chi connectivity index (χ4v) is 3.28. The van der Waals surface area contributed by atoms with Crippen LogP contribution in [-0.4, -0.2) is 29.0 Å². The zero-order valence-corrected chi connectivity index (χ0v) is 17.4. The van der Waals surface area contributed by atoms with E-state index in [0.717, 1.165) is 22.5 Å². The van der Waals surface area contributed by atoms with Crippen molar-refractivity contribution in [1.29, 1.82) is 0 Å². The molecule has 0 radical (unpaired) electrons. The summed E-state index contributed by atoms with van der Waals surface area (Å²) in [5.74, 6) is 0.703. The van der Waals surface area contributed by atoms with Gasteiger partial charge in [0.05, 0.1) is 13.7 Å². The highest BCUT2D eigenvalue weighted by Crippen LogP contribution is 2.17. The minimum absolute atomic E-state index is 0.0288. The van der Waals surface area contributed by atoms with Gasteiger partial charge in [0, 0.05) is 35.0 Å². The van der Waals surface area contributed by atoms with Gasteiger partial charge in [0.1, 0.15) is 5.75 Å². The van der Waals surface area contributed by atoms with E-state index in [4.69, 9.17) is 4.74 Å². The first-order chi connectivity index (χ1) is 13.6.